The minimum absolute atomic E-state index is 0.317. The summed E-state index contributed by atoms with van der Waals surface area (Å²) in [5.41, 5.74) is 1.11. The fourth-order valence-corrected chi connectivity index (χ4v) is 1.48. The summed E-state index contributed by atoms with van der Waals surface area (Å²) in [5, 5.41) is 0. The van der Waals surface area contributed by atoms with Crippen molar-refractivity contribution in [2.45, 2.75) is 25.7 Å². The topological polar surface area (TPSA) is 26.3 Å². The number of benzene rings is 1. The molecule has 0 aliphatic carbocycles. The van der Waals surface area contributed by atoms with Crippen molar-refractivity contribution in [1.82, 2.24) is 0 Å². The molecule has 0 radical (unpaired) electrons. The molecule has 0 saturated carbocycles. The van der Waals surface area contributed by atoms with Crippen LogP contribution in [0.2, 0.25) is 0 Å². The van der Waals surface area contributed by atoms with Crippen molar-refractivity contribution >= 4 is 5.78 Å². The number of unbranched alkanes of at least 4 members (excludes halogenated alkanes) is 1. The van der Waals surface area contributed by atoms with Crippen molar-refractivity contribution in [2.75, 3.05) is 13.7 Å². The van der Waals surface area contributed by atoms with E-state index in [0.717, 1.165) is 25.0 Å². The van der Waals surface area contributed by atoms with E-state index in [1.165, 1.54) is 0 Å². The van der Waals surface area contributed by atoms with E-state index in [2.05, 4.69) is 0 Å². The molecular formula is C13H18O2. The molecule has 1 aromatic rings. The number of ketones is 1. The molecule has 2 nitrogen and oxygen atoms in total. The van der Waals surface area contributed by atoms with Crippen LogP contribution in [0, 0.1) is 0 Å². The van der Waals surface area contributed by atoms with E-state index in [9.17, 15) is 4.79 Å². The highest BCUT2D eigenvalue weighted by molar-refractivity contribution is 5.80. The fraction of sp³-hybridized carbons (Fsp3) is 0.462. The number of Topliss-reactive ketones (excluding diaryl/α,β-unsaturated/α-hetero) is 1. The molecule has 82 valence electrons. The molecule has 0 fully saturated rings. The predicted octanol–water partition coefficient (Wildman–Crippen LogP) is 2.61. The molecule has 0 N–H and O–H groups in total. The lowest BCUT2D eigenvalue weighted by molar-refractivity contribution is -0.118. The van der Waals surface area contributed by atoms with Crippen LogP contribution in [-0.4, -0.2) is 19.5 Å². The minimum atomic E-state index is 0.317. The van der Waals surface area contributed by atoms with Gasteiger partial charge in [0.2, 0.25) is 0 Å². The maximum Gasteiger partial charge on any atom is 0.137 e. The van der Waals surface area contributed by atoms with Gasteiger partial charge in [0.05, 0.1) is 0 Å². The van der Waals surface area contributed by atoms with Gasteiger partial charge in [0.15, 0.2) is 0 Å². The molecule has 0 saturated heterocycles. The Morgan fingerprint density at radius 3 is 2.60 bits per heavy atom. The lowest BCUT2D eigenvalue weighted by atomic mass is 10.1. The third kappa shape index (κ3) is 5.33. The Kier molecular flexibility index (Phi) is 5.71. The van der Waals surface area contributed by atoms with Crippen LogP contribution in [0.1, 0.15) is 24.8 Å². The zero-order chi connectivity index (χ0) is 10.9. The van der Waals surface area contributed by atoms with Gasteiger partial charge in [0.1, 0.15) is 5.78 Å². The second-order valence-corrected chi connectivity index (χ2v) is 3.65. The summed E-state index contributed by atoms with van der Waals surface area (Å²) in [6, 6.07) is 9.88. The molecule has 15 heavy (non-hydrogen) atoms. The summed E-state index contributed by atoms with van der Waals surface area (Å²) in [4.78, 5) is 11.5. The first kappa shape index (κ1) is 11.9. The van der Waals surface area contributed by atoms with Crippen LogP contribution in [0.5, 0.6) is 0 Å². The molecule has 0 amide bonds. The molecular weight excluding hydrogens is 188 g/mol. The van der Waals surface area contributed by atoms with E-state index in [1.54, 1.807) is 7.11 Å². The average Bonchev–Trinajstić information content (AvgIpc) is 2.26. The number of methoxy groups -OCH3 is 1. The van der Waals surface area contributed by atoms with Crippen LogP contribution >= 0.6 is 0 Å². The maximum absolute atomic E-state index is 11.5. The van der Waals surface area contributed by atoms with Crippen molar-refractivity contribution < 1.29 is 9.53 Å². The molecule has 0 aliphatic heterocycles. The summed E-state index contributed by atoms with van der Waals surface area (Å²) < 4.78 is 4.93. The van der Waals surface area contributed by atoms with Gasteiger partial charge < -0.3 is 4.74 Å². The maximum atomic E-state index is 11.5. The van der Waals surface area contributed by atoms with Crippen molar-refractivity contribution in [2.24, 2.45) is 0 Å². The summed E-state index contributed by atoms with van der Waals surface area (Å²) in [5.74, 6) is 0.317. The average molecular weight is 206 g/mol. The highest BCUT2D eigenvalue weighted by Gasteiger charge is 2.02. The van der Waals surface area contributed by atoms with Crippen molar-refractivity contribution in [3.05, 3.63) is 35.9 Å². The van der Waals surface area contributed by atoms with Gasteiger partial charge in [0, 0.05) is 26.6 Å². The third-order valence-corrected chi connectivity index (χ3v) is 2.30. The zero-order valence-electron chi connectivity index (χ0n) is 9.24. The molecule has 0 aliphatic rings. The highest BCUT2D eigenvalue weighted by atomic mass is 16.5. The van der Waals surface area contributed by atoms with Crippen LogP contribution < -0.4 is 0 Å². The SMILES string of the molecule is COCCCCC(=O)Cc1ccccc1. The quantitative estimate of drug-likeness (QED) is 0.641. The van der Waals surface area contributed by atoms with Gasteiger partial charge in [0.25, 0.3) is 0 Å². The van der Waals surface area contributed by atoms with E-state index in [-0.39, 0.29) is 0 Å². The number of ether oxygens (including phenoxy) is 1. The normalized spacial score (nSPS) is 10.2. The van der Waals surface area contributed by atoms with Crippen LogP contribution in [0.25, 0.3) is 0 Å². The summed E-state index contributed by atoms with van der Waals surface area (Å²) in [7, 11) is 1.69. The van der Waals surface area contributed by atoms with Gasteiger partial charge in [-0.15, -0.1) is 0 Å². The van der Waals surface area contributed by atoms with Crippen LogP contribution in [-0.2, 0) is 16.0 Å². The third-order valence-electron chi connectivity index (χ3n) is 2.30. The van der Waals surface area contributed by atoms with Gasteiger partial charge in [-0.25, -0.2) is 0 Å². The standard InChI is InChI=1S/C13H18O2/c1-15-10-6-5-9-13(14)11-12-7-3-2-4-8-12/h2-4,7-8H,5-6,9-11H2,1H3. The number of rotatable bonds is 7. The van der Waals surface area contributed by atoms with Gasteiger partial charge in [-0.2, -0.15) is 0 Å². The van der Waals surface area contributed by atoms with E-state index in [4.69, 9.17) is 4.74 Å². The van der Waals surface area contributed by atoms with E-state index >= 15 is 0 Å². The van der Waals surface area contributed by atoms with Crippen molar-refractivity contribution in [3.8, 4) is 0 Å². The van der Waals surface area contributed by atoms with Gasteiger partial charge in [-0.1, -0.05) is 30.3 Å². The Hall–Kier alpha value is -1.15. The lowest BCUT2D eigenvalue weighted by Gasteiger charge is -2.01. The minimum Gasteiger partial charge on any atom is -0.385 e. The largest absolute Gasteiger partial charge is 0.385 e. The number of hydrogen-bond acceptors (Lipinski definition) is 2. The van der Waals surface area contributed by atoms with Crippen molar-refractivity contribution in [3.63, 3.8) is 0 Å². The smallest absolute Gasteiger partial charge is 0.137 e. The van der Waals surface area contributed by atoms with E-state index < -0.39 is 0 Å². The summed E-state index contributed by atoms with van der Waals surface area (Å²) >= 11 is 0. The summed E-state index contributed by atoms with van der Waals surface area (Å²) in [6.45, 7) is 0.749. The first-order chi connectivity index (χ1) is 7.33. The molecule has 1 aromatic carbocycles. The monoisotopic (exact) mass is 206 g/mol. The number of hydrogen-bond donors (Lipinski definition) is 0. The van der Waals surface area contributed by atoms with E-state index in [0.29, 0.717) is 18.6 Å². The second-order valence-electron chi connectivity index (χ2n) is 3.65. The molecule has 0 aromatic heterocycles. The van der Waals surface area contributed by atoms with Gasteiger partial charge >= 0.3 is 0 Å². The van der Waals surface area contributed by atoms with Crippen LogP contribution in [0.4, 0.5) is 0 Å². The molecule has 0 unspecified atom stereocenters. The first-order valence-electron chi connectivity index (χ1n) is 5.37. The highest BCUT2D eigenvalue weighted by Crippen LogP contribution is 2.04. The second kappa shape index (κ2) is 7.18. The molecule has 0 spiro atoms. The first-order valence-corrected chi connectivity index (χ1v) is 5.37. The Bertz CT molecular complexity index is 280. The van der Waals surface area contributed by atoms with Crippen LogP contribution in [0.3, 0.4) is 0 Å². The Morgan fingerprint density at radius 1 is 1.20 bits per heavy atom. The molecule has 0 heterocycles. The lowest BCUT2D eigenvalue weighted by Crippen LogP contribution is -2.03. The number of carbonyl (C=O) groups is 1. The van der Waals surface area contributed by atoms with Gasteiger partial charge in [-0.05, 0) is 18.4 Å². The van der Waals surface area contributed by atoms with Crippen LogP contribution in [0.15, 0.2) is 30.3 Å². The fourth-order valence-electron chi connectivity index (χ4n) is 1.48. The summed E-state index contributed by atoms with van der Waals surface area (Å²) in [6.07, 6.45) is 3.13. The Labute approximate surface area is 91.3 Å². The van der Waals surface area contributed by atoms with Gasteiger partial charge in [-0.3, -0.25) is 4.79 Å². The molecule has 0 atom stereocenters. The number of carbonyl (C=O) groups excluding carboxylic acids is 1. The molecule has 1 rings (SSSR count). The van der Waals surface area contributed by atoms with Crippen molar-refractivity contribution in [1.29, 1.82) is 0 Å². The Morgan fingerprint density at radius 2 is 1.93 bits per heavy atom. The molecule has 2 heteroatoms. The molecule has 0 bridgehead atoms. The zero-order valence-corrected chi connectivity index (χ0v) is 9.24. The predicted molar refractivity (Wildman–Crippen MR) is 60.9 cm³/mol. The van der Waals surface area contributed by atoms with E-state index in [1.807, 2.05) is 30.3 Å². The Balaban J connectivity index is 2.19.